The van der Waals surface area contributed by atoms with Crippen LogP contribution in [0.5, 0.6) is 0 Å². The van der Waals surface area contributed by atoms with Crippen molar-refractivity contribution in [3.05, 3.63) is 59.4 Å². The minimum absolute atomic E-state index is 0.304. The van der Waals surface area contributed by atoms with Crippen LogP contribution in [0.1, 0.15) is 21.6 Å². The summed E-state index contributed by atoms with van der Waals surface area (Å²) in [5, 5.41) is 0. The first-order chi connectivity index (χ1) is 7.77. The number of carbonyl (C=O) groups excluding carboxylic acids is 1. The van der Waals surface area contributed by atoms with Gasteiger partial charge in [-0.15, -0.1) is 0 Å². The normalized spacial score (nSPS) is 10.1. The van der Waals surface area contributed by atoms with Crippen molar-refractivity contribution >= 4 is 5.97 Å². The van der Waals surface area contributed by atoms with Gasteiger partial charge >= 0.3 is 5.97 Å². The van der Waals surface area contributed by atoms with Crippen molar-refractivity contribution < 1.29 is 9.53 Å². The Morgan fingerprint density at radius 2 is 2.00 bits per heavy atom. The van der Waals surface area contributed by atoms with Crippen LogP contribution in [0.2, 0.25) is 0 Å². The molecule has 0 atom stereocenters. The van der Waals surface area contributed by atoms with Crippen molar-refractivity contribution in [2.75, 3.05) is 0 Å². The van der Waals surface area contributed by atoms with Crippen LogP contribution in [0.15, 0.2) is 42.6 Å². The van der Waals surface area contributed by atoms with E-state index in [4.69, 9.17) is 4.74 Å². The smallest absolute Gasteiger partial charge is 0.355 e. The summed E-state index contributed by atoms with van der Waals surface area (Å²) in [5.74, 6) is -0.314. The molecule has 0 fully saturated rings. The van der Waals surface area contributed by atoms with E-state index in [1.807, 2.05) is 43.3 Å². The molecule has 0 radical (unpaired) electrons. The number of esters is 1. The molecular weight excluding hydrogens is 202 g/mol. The molecule has 3 nitrogen and oxygen atoms in total. The monoisotopic (exact) mass is 215 g/mol. The van der Waals surface area contributed by atoms with E-state index in [9.17, 15) is 4.79 Å². The zero-order valence-corrected chi connectivity index (χ0v) is 9.07. The molecule has 0 saturated heterocycles. The van der Waals surface area contributed by atoms with Crippen LogP contribution in [0.4, 0.5) is 0 Å². The molecule has 1 N–H and O–H groups in total. The number of rotatable bonds is 3. The average Bonchev–Trinajstić information content (AvgIpc) is 2.74. The van der Waals surface area contributed by atoms with Crippen LogP contribution in [-0.4, -0.2) is 11.0 Å². The van der Waals surface area contributed by atoms with E-state index >= 15 is 0 Å². The SMILES string of the molecule is Cc1cc[nH]c1C(=O)OCc1ccccc1. The molecule has 0 spiro atoms. The first-order valence-electron chi connectivity index (χ1n) is 5.12. The number of nitrogens with one attached hydrogen (secondary N) is 1. The fourth-order valence-corrected chi connectivity index (χ4v) is 1.46. The zero-order valence-electron chi connectivity index (χ0n) is 9.07. The van der Waals surface area contributed by atoms with Gasteiger partial charge in [0.05, 0.1) is 0 Å². The zero-order chi connectivity index (χ0) is 11.4. The molecule has 0 bridgehead atoms. The molecule has 2 rings (SSSR count). The molecule has 3 heteroatoms. The number of aromatic nitrogens is 1. The van der Waals surface area contributed by atoms with Crippen molar-refractivity contribution in [3.63, 3.8) is 0 Å². The minimum atomic E-state index is -0.314. The average molecular weight is 215 g/mol. The molecule has 82 valence electrons. The molecule has 0 aliphatic heterocycles. The van der Waals surface area contributed by atoms with Gasteiger partial charge in [-0.3, -0.25) is 0 Å². The predicted octanol–water partition coefficient (Wildman–Crippen LogP) is 2.68. The summed E-state index contributed by atoms with van der Waals surface area (Å²) in [6.07, 6.45) is 1.73. The number of aromatic amines is 1. The summed E-state index contributed by atoms with van der Waals surface area (Å²) in [6.45, 7) is 2.17. The lowest BCUT2D eigenvalue weighted by Crippen LogP contribution is -2.06. The van der Waals surface area contributed by atoms with Crippen LogP contribution < -0.4 is 0 Å². The number of H-pyrrole nitrogens is 1. The Morgan fingerprint density at radius 1 is 1.25 bits per heavy atom. The standard InChI is InChI=1S/C13H13NO2/c1-10-7-8-14-12(10)13(15)16-9-11-5-3-2-4-6-11/h2-8,14H,9H2,1H3. The molecule has 1 aromatic heterocycles. The topological polar surface area (TPSA) is 42.1 Å². The largest absolute Gasteiger partial charge is 0.456 e. The molecule has 1 heterocycles. The lowest BCUT2D eigenvalue weighted by molar-refractivity contribution is 0.0465. The molecule has 0 saturated carbocycles. The van der Waals surface area contributed by atoms with E-state index in [1.54, 1.807) is 6.20 Å². The lowest BCUT2D eigenvalue weighted by Gasteiger charge is -2.04. The van der Waals surface area contributed by atoms with Gasteiger partial charge in [0.25, 0.3) is 0 Å². The maximum atomic E-state index is 11.6. The summed E-state index contributed by atoms with van der Waals surface area (Å²) >= 11 is 0. The first kappa shape index (κ1) is 10.5. The van der Waals surface area contributed by atoms with Gasteiger partial charge in [-0.2, -0.15) is 0 Å². The molecule has 0 aliphatic rings. The second-order valence-electron chi connectivity index (χ2n) is 3.60. The molecule has 2 aromatic rings. The van der Waals surface area contributed by atoms with Gasteiger partial charge in [0, 0.05) is 6.20 Å². The highest BCUT2D eigenvalue weighted by atomic mass is 16.5. The Bertz CT molecular complexity index is 474. The second kappa shape index (κ2) is 4.66. The Hall–Kier alpha value is -2.03. The van der Waals surface area contributed by atoms with Crippen LogP contribution in [-0.2, 0) is 11.3 Å². The predicted molar refractivity (Wildman–Crippen MR) is 61.1 cm³/mol. The highest BCUT2D eigenvalue weighted by Crippen LogP contribution is 2.08. The van der Waals surface area contributed by atoms with E-state index in [0.717, 1.165) is 11.1 Å². The molecule has 0 amide bonds. The van der Waals surface area contributed by atoms with Gasteiger partial charge in [0.2, 0.25) is 0 Å². The first-order valence-corrected chi connectivity index (χ1v) is 5.12. The van der Waals surface area contributed by atoms with Crippen molar-refractivity contribution in [2.24, 2.45) is 0 Å². The number of carbonyl (C=O) groups is 1. The molecule has 0 unspecified atom stereocenters. The van der Waals surface area contributed by atoms with Crippen molar-refractivity contribution in [3.8, 4) is 0 Å². The summed E-state index contributed by atoms with van der Waals surface area (Å²) in [4.78, 5) is 14.5. The summed E-state index contributed by atoms with van der Waals surface area (Å²) in [5.41, 5.74) is 2.41. The Kier molecular flexibility index (Phi) is 3.05. The number of aryl methyl sites for hydroxylation is 1. The van der Waals surface area contributed by atoms with Crippen molar-refractivity contribution in [1.29, 1.82) is 0 Å². The Morgan fingerprint density at radius 3 is 2.62 bits per heavy atom. The van der Waals surface area contributed by atoms with Crippen LogP contribution in [0.25, 0.3) is 0 Å². The van der Waals surface area contributed by atoms with Gasteiger partial charge in [-0.25, -0.2) is 4.79 Å². The van der Waals surface area contributed by atoms with Gasteiger partial charge in [-0.05, 0) is 24.1 Å². The van der Waals surface area contributed by atoms with Gasteiger partial charge in [-0.1, -0.05) is 30.3 Å². The molecule has 0 aliphatic carbocycles. The summed E-state index contributed by atoms with van der Waals surface area (Å²) in [6, 6.07) is 11.5. The quantitative estimate of drug-likeness (QED) is 0.800. The van der Waals surface area contributed by atoms with Gasteiger partial charge in [0.15, 0.2) is 0 Å². The Balaban J connectivity index is 1.97. The van der Waals surface area contributed by atoms with E-state index in [0.29, 0.717) is 12.3 Å². The maximum Gasteiger partial charge on any atom is 0.355 e. The molecule has 1 aromatic carbocycles. The van der Waals surface area contributed by atoms with E-state index in [2.05, 4.69) is 4.98 Å². The number of hydrogen-bond acceptors (Lipinski definition) is 2. The fourth-order valence-electron chi connectivity index (χ4n) is 1.46. The van der Waals surface area contributed by atoms with Gasteiger partial charge in [0.1, 0.15) is 12.3 Å². The highest BCUT2D eigenvalue weighted by Gasteiger charge is 2.10. The van der Waals surface area contributed by atoms with E-state index in [1.165, 1.54) is 0 Å². The van der Waals surface area contributed by atoms with E-state index in [-0.39, 0.29) is 5.97 Å². The van der Waals surface area contributed by atoms with Crippen LogP contribution in [0.3, 0.4) is 0 Å². The second-order valence-corrected chi connectivity index (χ2v) is 3.60. The third kappa shape index (κ3) is 2.31. The van der Waals surface area contributed by atoms with E-state index < -0.39 is 0 Å². The lowest BCUT2D eigenvalue weighted by atomic mass is 10.2. The summed E-state index contributed by atoms with van der Waals surface area (Å²) in [7, 11) is 0. The van der Waals surface area contributed by atoms with Crippen LogP contribution >= 0.6 is 0 Å². The van der Waals surface area contributed by atoms with Crippen molar-refractivity contribution in [1.82, 2.24) is 4.98 Å². The molecular formula is C13H13NO2. The molecule has 16 heavy (non-hydrogen) atoms. The van der Waals surface area contributed by atoms with Crippen molar-refractivity contribution in [2.45, 2.75) is 13.5 Å². The van der Waals surface area contributed by atoms with Gasteiger partial charge < -0.3 is 9.72 Å². The number of ether oxygens (including phenoxy) is 1. The number of benzene rings is 1. The fraction of sp³-hybridized carbons (Fsp3) is 0.154. The highest BCUT2D eigenvalue weighted by molar-refractivity contribution is 5.88. The Labute approximate surface area is 94.1 Å². The number of hydrogen-bond donors (Lipinski definition) is 1. The third-order valence-electron chi connectivity index (χ3n) is 2.37. The minimum Gasteiger partial charge on any atom is -0.456 e. The maximum absolute atomic E-state index is 11.6. The summed E-state index contributed by atoms with van der Waals surface area (Å²) < 4.78 is 5.18. The van der Waals surface area contributed by atoms with Crippen LogP contribution in [0, 0.1) is 6.92 Å². The third-order valence-corrected chi connectivity index (χ3v) is 2.37.